The lowest BCUT2D eigenvalue weighted by Gasteiger charge is -2.00. The molecule has 0 unspecified atom stereocenters. The second kappa shape index (κ2) is 4.23. The van der Waals surface area contributed by atoms with Crippen molar-refractivity contribution in [3.05, 3.63) is 38.2 Å². The van der Waals surface area contributed by atoms with Crippen molar-refractivity contribution in [2.45, 2.75) is 0 Å². The number of hydrogen-bond acceptors (Lipinski definition) is 2. The highest BCUT2D eigenvalue weighted by Crippen LogP contribution is 2.37. The van der Waals surface area contributed by atoms with Crippen LogP contribution < -0.4 is 0 Å². The Kier molecular flexibility index (Phi) is 3.13. The van der Waals surface area contributed by atoms with Gasteiger partial charge in [0.05, 0.1) is 5.02 Å². The normalized spacial score (nSPS) is 10.7. The van der Waals surface area contributed by atoms with Crippen molar-refractivity contribution in [3.8, 4) is 11.3 Å². The van der Waals surface area contributed by atoms with Gasteiger partial charge in [-0.2, -0.15) is 0 Å². The molecule has 0 bridgehead atoms. The Morgan fingerprint density at radius 3 is 2.67 bits per heavy atom. The van der Waals surface area contributed by atoms with Gasteiger partial charge in [-0.1, -0.05) is 16.8 Å². The summed E-state index contributed by atoms with van der Waals surface area (Å²) in [5, 5.41) is 4.18. The van der Waals surface area contributed by atoms with Crippen LogP contribution in [0.2, 0.25) is 5.02 Å². The average Bonchev–Trinajstić information content (AvgIpc) is 2.52. The molecule has 2 nitrogen and oxygen atoms in total. The third kappa shape index (κ3) is 2.09. The molecule has 0 saturated heterocycles. The Morgan fingerprint density at radius 1 is 1.33 bits per heavy atom. The third-order valence-corrected chi connectivity index (χ3v) is 3.92. The lowest BCUT2D eigenvalue weighted by atomic mass is 10.1. The molecule has 0 radical (unpaired) electrons. The first-order valence-corrected chi connectivity index (χ1v) is 5.82. The second-order valence-corrected chi connectivity index (χ2v) is 4.66. The molecule has 0 saturated carbocycles. The molecule has 1 aromatic carbocycles. The van der Waals surface area contributed by atoms with Gasteiger partial charge in [-0.15, -0.1) is 0 Å². The van der Waals surface area contributed by atoms with Gasteiger partial charge in [0.1, 0.15) is 16.0 Å². The molecular formula is C9H3Br2ClFNO. The van der Waals surface area contributed by atoms with Crippen LogP contribution in [0.3, 0.4) is 0 Å². The van der Waals surface area contributed by atoms with E-state index in [0.717, 1.165) is 0 Å². The predicted molar refractivity (Wildman–Crippen MR) is 62.3 cm³/mol. The van der Waals surface area contributed by atoms with E-state index in [4.69, 9.17) is 16.1 Å². The summed E-state index contributed by atoms with van der Waals surface area (Å²) in [5.74, 6) is -0.375. The number of aromatic nitrogens is 1. The van der Waals surface area contributed by atoms with E-state index in [-0.39, 0.29) is 5.82 Å². The zero-order valence-electron chi connectivity index (χ0n) is 7.10. The van der Waals surface area contributed by atoms with Crippen molar-refractivity contribution in [3.63, 3.8) is 0 Å². The van der Waals surface area contributed by atoms with Gasteiger partial charge in [0, 0.05) is 5.56 Å². The Labute approximate surface area is 107 Å². The van der Waals surface area contributed by atoms with Crippen molar-refractivity contribution in [1.82, 2.24) is 5.16 Å². The molecule has 0 atom stereocenters. The molecule has 2 aromatic rings. The highest BCUT2D eigenvalue weighted by atomic mass is 79.9. The maximum absolute atomic E-state index is 13.0. The van der Waals surface area contributed by atoms with E-state index in [0.29, 0.717) is 25.4 Å². The predicted octanol–water partition coefficient (Wildman–Crippen LogP) is 4.66. The van der Waals surface area contributed by atoms with E-state index in [1.165, 1.54) is 18.2 Å². The summed E-state index contributed by atoms with van der Waals surface area (Å²) in [7, 11) is 0. The average molecular weight is 355 g/mol. The zero-order valence-corrected chi connectivity index (χ0v) is 11.0. The second-order valence-electron chi connectivity index (χ2n) is 2.74. The summed E-state index contributed by atoms with van der Waals surface area (Å²) in [4.78, 5) is 0. The molecule has 0 aliphatic carbocycles. The van der Waals surface area contributed by atoms with Crippen LogP contribution in [0.1, 0.15) is 0 Å². The summed E-state index contributed by atoms with van der Waals surface area (Å²) in [6.45, 7) is 0. The van der Waals surface area contributed by atoms with Crippen LogP contribution in [0, 0.1) is 5.82 Å². The van der Waals surface area contributed by atoms with E-state index < -0.39 is 0 Å². The van der Waals surface area contributed by atoms with Crippen LogP contribution in [0.4, 0.5) is 4.39 Å². The SMILES string of the molecule is Fc1ccc(Cl)c(-c2noc(Br)c2Br)c1. The van der Waals surface area contributed by atoms with Gasteiger partial charge < -0.3 is 4.52 Å². The first-order chi connectivity index (χ1) is 7.09. The topological polar surface area (TPSA) is 26.0 Å². The maximum atomic E-state index is 13.0. The van der Waals surface area contributed by atoms with E-state index in [1.54, 1.807) is 0 Å². The van der Waals surface area contributed by atoms with Gasteiger partial charge in [0.15, 0.2) is 0 Å². The maximum Gasteiger partial charge on any atom is 0.216 e. The lowest BCUT2D eigenvalue weighted by Crippen LogP contribution is -1.83. The van der Waals surface area contributed by atoms with Gasteiger partial charge in [-0.05, 0) is 50.1 Å². The quantitative estimate of drug-likeness (QED) is 0.744. The third-order valence-electron chi connectivity index (χ3n) is 1.78. The first-order valence-electron chi connectivity index (χ1n) is 3.85. The molecule has 1 aromatic heterocycles. The van der Waals surface area contributed by atoms with Gasteiger partial charge >= 0.3 is 0 Å². The molecule has 6 heteroatoms. The van der Waals surface area contributed by atoms with Gasteiger partial charge in [-0.3, -0.25) is 0 Å². The highest BCUT2D eigenvalue weighted by Gasteiger charge is 2.16. The molecule has 1 heterocycles. The first kappa shape index (κ1) is 11.1. The minimum atomic E-state index is -0.375. The number of nitrogens with zero attached hydrogens (tertiary/aromatic N) is 1. The summed E-state index contributed by atoms with van der Waals surface area (Å²) in [6, 6.07) is 4.06. The van der Waals surface area contributed by atoms with E-state index in [1.807, 2.05) is 0 Å². The number of benzene rings is 1. The monoisotopic (exact) mass is 353 g/mol. The van der Waals surface area contributed by atoms with Gasteiger partial charge in [-0.25, -0.2) is 4.39 Å². The van der Waals surface area contributed by atoms with Gasteiger partial charge in [0.2, 0.25) is 4.67 Å². The summed E-state index contributed by atoms with van der Waals surface area (Å²) < 4.78 is 19.0. The highest BCUT2D eigenvalue weighted by molar-refractivity contribution is 9.13. The van der Waals surface area contributed by atoms with Crippen LogP contribution >= 0.6 is 43.5 Å². The molecule has 0 spiro atoms. The number of hydrogen-bond donors (Lipinski definition) is 0. The smallest absolute Gasteiger partial charge is 0.216 e. The van der Waals surface area contributed by atoms with Crippen LogP contribution in [0.25, 0.3) is 11.3 Å². The molecular weight excluding hydrogens is 352 g/mol. The summed E-state index contributed by atoms with van der Waals surface area (Å²) in [6.07, 6.45) is 0. The fourth-order valence-corrected chi connectivity index (χ4v) is 1.93. The molecule has 0 fully saturated rings. The fourth-order valence-electron chi connectivity index (χ4n) is 1.11. The largest absolute Gasteiger partial charge is 0.347 e. The molecule has 15 heavy (non-hydrogen) atoms. The van der Waals surface area contributed by atoms with Crippen LogP contribution in [0.15, 0.2) is 31.9 Å². The van der Waals surface area contributed by atoms with Crippen LogP contribution in [-0.2, 0) is 0 Å². The molecule has 0 aliphatic rings. The van der Waals surface area contributed by atoms with Crippen molar-refractivity contribution in [2.24, 2.45) is 0 Å². The van der Waals surface area contributed by atoms with E-state index in [2.05, 4.69) is 37.0 Å². The molecule has 2 rings (SSSR count). The van der Waals surface area contributed by atoms with E-state index in [9.17, 15) is 4.39 Å². The standard InChI is InChI=1S/C9H3Br2ClFNO/c10-7-8(14-15-9(7)11)5-3-4(13)1-2-6(5)12/h1-3H. The Hall–Kier alpha value is -0.390. The van der Waals surface area contributed by atoms with E-state index >= 15 is 0 Å². The molecule has 0 amide bonds. The van der Waals surface area contributed by atoms with Crippen LogP contribution in [0.5, 0.6) is 0 Å². The lowest BCUT2D eigenvalue weighted by molar-refractivity contribution is 0.401. The minimum Gasteiger partial charge on any atom is -0.347 e. The summed E-state index contributed by atoms with van der Waals surface area (Å²) >= 11 is 12.3. The number of rotatable bonds is 1. The summed E-state index contributed by atoms with van der Waals surface area (Å²) in [5.41, 5.74) is 0.948. The Bertz CT molecular complexity index is 515. The van der Waals surface area contributed by atoms with Crippen molar-refractivity contribution in [1.29, 1.82) is 0 Å². The van der Waals surface area contributed by atoms with Crippen molar-refractivity contribution >= 4 is 43.5 Å². The fraction of sp³-hybridized carbons (Fsp3) is 0. The molecule has 78 valence electrons. The van der Waals surface area contributed by atoms with Crippen LogP contribution in [-0.4, -0.2) is 5.16 Å². The molecule has 0 N–H and O–H groups in total. The van der Waals surface area contributed by atoms with Crippen molar-refractivity contribution in [2.75, 3.05) is 0 Å². The Morgan fingerprint density at radius 2 is 2.07 bits per heavy atom. The number of halogens is 4. The Balaban J connectivity index is 2.63. The zero-order chi connectivity index (χ0) is 11.0. The van der Waals surface area contributed by atoms with Crippen molar-refractivity contribution < 1.29 is 8.91 Å². The van der Waals surface area contributed by atoms with Gasteiger partial charge in [0.25, 0.3) is 0 Å². The molecule has 0 aliphatic heterocycles. The minimum absolute atomic E-state index is 0.375.